The molecule has 0 saturated heterocycles. The summed E-state index contributed by atoms with van der Waals surface area (Å²) in [5.41, 5.74) is 0. The van der Waals surface area contributed by atoms with Gasteiger partial charge >= 0.3 is 5.97 Å². The minimum atomic E-state index is -0.263. The average Bonchev–Trinajstić information content (AvgIpc) is 2.52. The van der Waals surface area contributed by atoms with Crippen LogP contribution in [0.2, 0.25) is 0 Å². The Labute approximate surface area is 87.4 Å². The van der Waals surface area contributed by atoms with Crippen molar-refractivity contribution < 1.29 is 9.53 Å². The molecule has 0 saturated carbocycles. The van der Waals surface area contributed by atoms with Crippen LogP contribution in [0.3, 0.4) is 0 Å². The van der Waals surface area contributed by atoms with Crippen molar-refractivity contribution in [3.8, 4) is 0 Å². The Bertz CT molecular complexity index is 272. The average molecular weight is 267 g/mol. The summed E-state index contributed by atoms with van der Waals surface area (Å²) in [6.45, 7) is 0. The third kappa shape index (κ3) is 2.50. The van der Waals surface area contributed by atoms with Gasteiger partial charge in [-0.3, -0.25) is 0 Å². The lowest BCUT2D eigenvalue weighted by Gasteiger charge is -1.91. The van der Waals surface area contributed by atoms with Crippen molar-refractivity contribution in [2.75, 3.05) is 11.8 Å². The molecule has 1 aromatic rings. The molecule has 0 aliphatic heterocycles. The van der Waals surface area contributed by atoms with E-state index >= 15 is 0 Å². The maximum absolute atomic E-state index is 11.0. The van der Waals surface area contributed by atoms with Crippen molar-refractivity contribution in [1.82, 2.24) is 0 Å². The van der Waals surface area contributed by atoms with Gasteiger partial charge in [-0.25, -0.2) is 4.79 Å². The number of rotatable bonds is 3. The number of ether oxygens (including phenoxy) is 1. The fraction of sp³-hybridized carbons (Fsp3) is 0.286. The topological polar surface area (TPSA) is 26.3 Å². The molecule has 0 atom stereocenters. The predicted molar refractivity (Wildman–Crippen MR) is 55.3 cm³/mol. The molecule has 0 bridgehead atoms. The Kier molecular flexibility index (Phi) is 4.11. The van der Waals surface area contributed by atoms with Crippen molar-refractivity contribution in [2.24, 2.45) is 0 Å². The van der Waals surface area contributed by atoms with Gasteiger partial charge in [0.25, 0.3) is 0 Å². The van der Waals surface area contributed by atoms with Crippen LogP contribution < -0.4 is 0 Å². The van der Waals surface area contributed by atoms with E-state index in [4.69, 9.17) is 0 Å². The zero-order valence-electron chi connectivity index (χ0n) is 6.37. The van der Waals surface area contributed by atoms with Gasteiger partial charge in [0.15, 0.2) is 0 Å². The molecule has 0 fully saturated rings. The molecule has 0 spiro atoms. The van der Waals surface area contributed by atoms with Crippen molar-refractivity contribution >= 4 is 45.0 Å². The van der Waals surface area contributed by atoms with E-state index in [1.54, 1.807) is 11.8 Å². The van der Waals surface area contributed by atoms with Crippen LogP contribution in [0, 0.1) is 0 Å². The lowest BCUT2D eigenvalue weighted by Crippen LogP contribution is -1.96. The number of alkyl halides is 1. The van der Waals surface area contributed by atoms with E-state index in [1.165, 1.54) is 18.4 Å². The van der Waals surface area contributed by atoms with Crippen LogP contribution in [0.5, 0.6) is 0 Å². The summed E-state index contributed by atoms with van der Waals surface area (Å²) in [5.74, 6) is -0.263. The Hall–Kier alpha value is -0.0000000000000000833. The number of carbonyl (C=O) groups is 1. The van der Waals surface area contributed by atoms with E-state index in [0.29, 0.717) is 4.88 Å². The second kappa shape index (κ2) is 4.89. The molecule has 0 aliphatic rings. The lowest BCUT2D eigenvalue weighted by molar-refractivity contribution is 0.0606. The van der Waals surface area contributed by atoms with Gasteiger partial charge in [0, 0.05) is 10.3 Å². The van der Waals surface area contributed by atoms with Gasteiger partial charge in [-0.2, -0.15) is 0 Å². The second-order valence-electron chi connectivity index (χ2n) is 1.89. The molecule has 1 rings (SSSR count). The highest BCUT2D eigenvalue weighted by Gasteiger charge is 2.08. The maximum Gasteiger partial charge on any atom is 0.348 e. The fourth-order valence-electron chi connectivity index (χ4n) is 0.665. The van der Waals surface area contributed by atoms with Gasteiger partial charge in [0.05, 0.1) is 11.8 Å². The molecule has 2 nitrogen and oxygen atoms in total. The highest BCUT2D eigenvalue weighted by Crippen LogP contribution is 2.26. The summed E-state index contributed by atoms with van der Waals surface area (Å²) in [6, 6.07) is 1.84. The molecule has 1 aromatic heterocycles. The monoisotopic (exact) mass is 266 g/mol. The maximum atomic E-state index is 11.0. The Morgan fingerprint density at radius 2 is 2.58 bits per heavy atom. The standard InChI is InChI=1S/C7H7BrO2S2/c1-10-7(9)6-2-5(3-11-6)12-4-8/h2-3H,4H2,1H3. The first-order valence-electron chi connectivity index (χ1n) is 3.13. The van der Waals surface area contributed by atoms with Gasteiger partial charge in [-0.05, 0) is 6.07 Å². The van der Waals surface area contributed by atoms with Gasteiger partial charge in [0.1, 0.15) is 4.88 Å². The molecular formula is C7H7BrO2S2. The zero-order chi connectivity index (χ0) is 8.97. The number of methoxy groups -OCH3 is 1. The largest absolute Gasteiger partial charge is 0.465 e. The highest BCUT2D eigenvalue weighted by molar-refractivity contribution is 9.11. The third-order valence-electron chi connectivity index (χ3n) is 1.18. The van der Waals surface area contributed by atoms with Gasteiger partial charge < -0.3 is 4.74 Å². The van der Waals surface area contributed by atoms with E-state index in [0.717, 1.165) is 9.56 Å². The molecule has 0 amide bonds. The van der Waals surface area contributed by atoms with Crippen LogP contribution in [-0.2, 0) is 4.74 Å². The molecule has 0 unspecified atom stereocenters. The Morgan fingerprint density at radius 1 is 1.83 bits per heavy atom. The lowest BCUT2D eigenvalue weighted by atomic mass is 10.5. The summed E-state index contributed by atoms with van der Waals surface area (Å²) >= 11 is 6.35. The number of hydrogen-bond acceptors (Lipinski definition) is 4. The van der Waals surface area contributed by atoms with Crippen molar-refractivity contribution in [3.63, 3.8) is 0 Å². The minimum Gasteiger partial charge on any atom is -0.465 e. The number of thioether (sulfide) groups is 1. The molecule has 0 radical (unpaired) electrons. The predicted octanol–water partition coefficient (Wildman–Crippen LogP) is 2.98. The first-order valence-corrected chi connectivity index (χ1v) is 6.12. The third-order valence-corrected chi connectivity index (χ3v) is 3.61. The summed E-state index contributed by atoms with van der Waals surface area (Å²) in [6.07, 6.45) is 0. The van der Waals surface area contributed by atoms with E-state index < -0.39 is 0 Å². The number of hydrogen-bond donors (Lipinski definition) is 0. The van der Waals surface area contributed by atoms with Crippen LogP contribution in [-0.4, -0.2) is 17.7 Å². The normalized spacial score (nSPS) is 9.83. The van der Waals surface area contributed by atoms with Gasteiger partial charge in [0.2, 0.25) is 0 Å². The second-order valence-corrected chi connectivity index (χ2v) is 5.15. The molecule has 12 heavy (non-hydrogen) atoms. The van der Waals surface area contributed by atoms with Crippen LogP contribution in [0.4, 0.5) is 0 Å². The first kappa shape index (κ1) is 10.1. The van der Waals surface area contributed by atoms with E-state index in [-0.39, 0.29) is 5.97 Å². The van der Waals surface area contributed by atoms with E-state index in [2.05, 4.69) is 20.7 Å². The van der Waals surface area contributed by atoms with Crippen LogP contribution >= 0.6 is 39.0 Å². The van der Waals surface area contributed by atoms with Gasteiger partial charge in [-0.1, -0.05) is 15.9 Å². The molecule has 5 heteroatoms. The van der Waals surface area contributed by atoms with Gasteiger partial charge in [-0.15, -0.1) is 23.1 Å². The van der Waals surface area contributed by atoms with Crippen LogP contribution in [0.25, 0.3) is 0 Å². The summed E-state index contributed by atoms with van der Waals surface area (Å²) < 4.78 is 5.42. The van der Waals surface area contributed by atoms with Crippen LogP contribution in [0.15, 0.2) is 16.3 Å². The molecule has 0 aliphatic carbocycles. The smallest absolute Gasteiger partial charge is 0.348 e. The summed E-state index contributed by atoms with van der Waals surface area (Å²) in [5, 5.41) is 1.94. The highest BCUT2D eigenvalue weighted by atomic mass is 79.9. The molecule has 1 heterocycles. The Balaban J connectivity index is 2.70. The SMILES string of the molecule is COC(=O)c1cc(SCBr)cs1. The van der Waals surface area contributed by atoms with Crippen molar-refractivity contribution in [1.29, 1.82) is 0 Å². The van der Waals surface area contributed by atoms with Crippen molar-refractivity contribution in [3.05, 3.63) is 16.3 Å². The van der Waals surface area contributed by atoms with Crippen LogP contribution in [0.1, 0.15) is 9.67 Å². The molecule has 0 aromatic carbocycles. The Morgan fingerprint density at radius 3 is 3.17 bits per heavy atom. The van der Waals surface area contributed by atoms with E-state index in [9.17, 15) is 4.79 Å². The number of esters is 1. The number of halogens is 1. The first-order chi connectivity index (χ1) is 5.77. The molecule has 0 N–H and O–H groups in total. The van der Waals surface area contributed by atoms with Crippen molar-refractivity contribution in [2.45, 2.75) is 4.90 Å². The summed E-state index contributed by atoms with van der Waals surface area (Å²) in [7, 11) is 1.39. The minimum absolute atomic E-state index is 0.263. The fourth-order valence-corrected chi connectivity index (χ4v) is 2.96. The molecule has 66 valence electrons. The quantitative estimate of drug-likeness (QED) is 0.478. The van der Waals surface area contributed by atoms with E-state index in [1.807, 2.05) is 11.4 Å². The zero-order valence-corrected chi connectivity index (χ0v) is 9.59. The summed E-state index contributed by atoms with van der Waals surface area (Å²) in [4.78, 5) is 12.7. The number of carbonyl (C=O) groups excluding carboxylic acids is 1. The molecular weight excluding hydrogens is 260 g/mol. The number of thiophene rings is 1.